The lowest BCUT2D eigenvalue weighted by atomic mass is 10.2. The number of methoxy groups -OCH3 is 1. The highest BCUT2D eigenvalue weighted by molar-refractivity contribution is 5.87. The number of ether oxygens (including phenoxy) is 1. The number of benzene rings is 1. The summed E-state index contributed by atoms with van der Waals surface area (Å²) in [4.78, 5) is 18.9. The lowest BCUT2D eigenvalue weighted by Gasteiger charge is -2.37. The fraction of sp³-hybridized carbons (Fsp3) is 0.381. The first-order valence-corrected chi connectivity index (χ1v) is 9.59. The smallest absolute Gasteiger partial charge is 0.164 e. The van der Waals surface area contributed by atoms with E-state index in [9.17, 15) is 0 Å². The summed E-state index contributed by atoms with van der Waals surface area (Å²) in [5.74, 6) is 3.45. The number of rotatable bonds is 4. The summed E-state index contributed by atoms with van der Waals surface area (Å²) in [6.45, 7) is 3.71. The Hall–Kier alpha value is -2.89. The Balaban J connectivity index is 1.42. The molecule has 6 heteroatoms. The Morgan fingerprint density at radius 1 is 0.926 bits per heavy atom. The van der Waals surface area contributed by atoms with Gasteiger partial charge in [-0.05, 0) is 37.1 Å². The van der Waals surface area contributed by atoms with Gasteiger partial charge in [-0.1, -0.05) is 12.1 Å². The monoisotopic (exact) mass is 361 g/mol. The van der Waals surface area contributed by atoms with Crippen LogP contribution in [0.4, 0.5) is 11.5 Å². The van der Waals surface area contributed by atoms with Crippen molar-refractivity contribution in [3.05, 3.63) is 48.4 Å². The average Bonchev–Trinajstić information content (AvgIpc) is 3.58. The van der Waals surface area contributed by atoms with E-state index < -0.39 is 0 Å². The minimum absolute atomic E-state index is 0.519. The Labute approximate surface area is 158 Å². The second-order valence-corrected chi connectivity index (χ2v) is 7.20. The molecule has 1 aliphatic carbocycles. The van der Waals surface area contributed by atoms with Gasteiger partial charge < -0.3 is 14.5 Å². The number of anilines is 2. The molecule has 3 heterocycles. The standard InChI is InChI=1S/C21H23N5O/c1-27-18-7-3-2-6-17(18)25-11-13-26(14-12-25)21-16-5-4-10-22-20(16)23-19(24-21)15-8-9-15/h2-7,10,15H,8-9,11-14H2,1H3. The molecule has 0 spiro atoms. The van der Waals surface area contributed by atoms with E-state index in [0.29, 0.717) is 5.92 Å². The van der Waals surface area contributed by atoms with Crippen molar-refractivity contribution in [2.24, 2.45) is 0 Å². The minimum Gasteiger partial charge on any atom is -0.495 e. The third-order valence-corrected chi connectivity index (χ3v) is 5.42. The number of nitrogens with zero attached hydrogens (tertiary/aromatic N) is 5. The van der Waals surface area contributed by atoms with Crippen molar-refractivity contribution < 1.29 is 4.74 Å². The summed E-state index contributed by atoms with van der Waals surface area (Å²) in [6.07, 6.45) is 4.20. The Morgan fingerprint density at radius 3 is 2.48 bits per heavy atom. The highest BCUT2D eigenvalue weighted by atomic mass is 16.5. The molecule has 138 valence electrons. The number of aromatic nitrogens is 3. The molecule has 0 amide bonds. The van der Waals surface area contributed by atoms with E-state index in [4.69, 9.17) is 14.7 Å². The first-order chi connectivity index (χ1) is 13.3. The van der Waals surface area contributed by atoms with Gasteiger partial charge in [0.25, 0.3) is 0 Å². The molecule has 0 unspecified atom stereocenters. The maximum atomic E-state index is 5.53. The minimum atomic E-state index is 0.519. The van der Waals surface area contributed by atoms with Gasteiger partial charge in [-0.25, -0.2) is 15.0 Å². The van der Waals surface area contributed by atoms with Crippen molar-refractivity contribution in [3.63, 3.8) is 0 Å². The van der Waals surface area contributed by atoms with Gasteiger partial charge in [0.2, 0.25) is 0 Å². The number of hydrogen-bond donors (Lipinski definition) is 0. The molecule has 1 saturated heterocycles. The van der Waals surface area contributed by atoms with Crippen molar-refractivity contribution in [2.45, 2.75) is 18.8 Å². The van der Waals surface area contributed by atoms with E-state index in [0.717, 1.165) is 60.3 Å². The Morgan fingerprint density at radius 2 is 1.70 bits per heavy atom. The Bertz CT molecular complexity index is 964. The second kappa shape index (κ2) is 6.68. The van der Waals surface area contributed by atoms with E-state index >= 15 is 0 Å². The molecule has 2 aliphatic rings. The van der Waals surface area contributed by atoms with Crippen LogP contribution < -0.4 is 14.5 Å². The number of hydrogen-bond acceptors (Lipinski definition) is 6. The van der Waals surface area contributed by atoms with Gasteiger partial charge in [-0.3, -0.25) is 0 Å². The molecule has 0 N–H and O–H groups in total. The number of piperazine rings is 1. The van der Waals surface area contributed by atoms with Crippen LogP contribution in [0.25, 0.3) is 11.0 Å². The highest BCUT2D eigenvalue weighted by Crippen LogP contribution is 2.40. The third-order valence-electron chi connectivity index (χ3n) is 5.42. The zero-order valence-electron chi connectivity index (χ0n) is 15.5. The van der Waals surface area contributed by atoms with Crippen molar-refractivity contribution >= 4 is 22.5 Å². The highest BCUT2D eigenvalue weighted by Gasteiger charge is 2.29. The molecule has 5 rings (SSSR count). The molecule has 6 nitrogen and oxygen atoms in total. The van der Waals surface area contributed by atoms with Crippen LogP contribution in [0.1, 0.15) is 24.6 Å². The van der Waals surface area contributed by atoms with E-state index in [1.54, 1.807) is 7.11 Å². The maximum Gasteiger partial charge on any atom is 0.164 e. The molecular weight excluding hydrogens is 338 g/mol. The quantitative estimate of drug-likeness (QED) is 0.711. The molecule has 1 aliphatic heterocycles. The van der Waals surface area contributed by atoms with Crippen molar-refractivity contribution in [2.75, 3.05) is 43.1 Å². The van der Waals surface area contributed by atoms with Crippen molar-refractivity contribution in [3.8, 4) is 5.75 Å². The van der Waals surface area contributed by atoms with Gasteiger partial charge in [0.05, 0.1) is 18.2 Å². The number of para-hydroxylation sites is 2. The topological polar surface area (TPSA) is 54.4 Å². The maximum absolute atomic E-state index is 5.53. The predicted molar refractivity (Wildman–Crippen MR) is 107 cm³/mol. The molecule has 1 aromatic carbocycles. The van der Waals surface area contributed by atoms with Gasteiger partial charge in [-0.15, -0.1) is 0 Å². The van der Waals surface area contributed by atoms with Gasteiger partial charge in [0.1, 0.15) is 17.4 Å². The summed E-state index contributed by atoms with van der Waals surface area (Å²) in [5, 5.41) is 1.05. The summed E-state index contributed by atoms with van der Waals surface area (Å²) < 4.78 is 5.53. The molecule has 0 radical (unpaired) electrons. The lowest BCUT2D eigenvalue weighted by Crippen LogP contribution is -2.47. The van der Waals surface area contributed by atoms with Gasteiger partial charge in [-0.2, -0.15) is 0 Å². The fourth-order valence-electron chi connectivity index (χ4n) is 3.78. The van der Waals surface area contributed by atoms with E-state index in [2.05, 4.69) is 33.0 Å². The van der Waals surface area contributed by atoms with E-state index in [1.165, 1.54) is 12.8 Å². The summed E-state index contributed by atoms with van der Waals surface area (Å²) >= 11 is 0. The van der Waals surface area contributed by atoms with Gasteiger partial charge >= 0.3 is 0 Å². The third kappa shape index (κ3) is 3.05. The van der Waals surface area contributed by atoms with Crippen LogP contribution in [0.2, 0.25) is 0 Å². The van der Waals surface area contributed by atoms with Crippen LogP contribution in [-0.4, -0.2) is 48.2 Å². The van der Waals surface area contributed by atoms with E-state index in [-0.39, 0.29) is 0 Å². The van der Waals surface area contributed by atoms with Crippen LogP contribution in [0.3, 0.4) is 0 Å². The molecule has 2 aromatic heterocycles. The molecule has 3 aromatic rings. The number of fused-ring (bicyclic) bond motifs is 1. The molecule has 27 heavy (non-hydrogen) atoms. The molecular formula is C21H23N5O. The van der Waals surface area contributed by atoms with Gasteiger partial charge in [0.15, 0.2) is 5.65 Å². The second-order valence-electron chi connectivity index (χ2n) is 7.20. The van der Waals surface area contributed by atoms with Crippen LogP contribution in [-0.2, 0) is 0 Å². The number of pyridine rings is 1. The van der Waals surface area contributed by atoms with Gasteiger partial charge in [0, 0.05) is 38.3 Å². The van der Waals surface area contributed by atoms with Crippen molar-refractivity contribution in [1.29, 1.82) is 0 Å². The van der Waals surface area contributed by atoms with Crippen LogP contribution in [0.15, 0.2) is 42.6 Å². The van der Waals surface area contributed by atoms with Crippen LogP contribution >= 0.6 is 0 Å². The summed E-state index contributed by atoms with van der Waals surface area (Å²) in [5.41, 5.74) is 1.98. The lowest BCUT2D eigenvalue weighted by molar-refractivity contribution is 0.413. The zero-order valence-corrected chi connectivity index (χ0v) is 15.5. The fourth-order valence-corrected chi connectivity index (χ4v) is 3.78. The first kappa shape index (κ1) is 16.3. The molecule has 2 fully saturated rings. The van der Waals surface area contributed by atoms with E-state index in [1.807, 2.05) is 24.4 Å². The summed E-state index contributed by atoms with van der Waals surface area (Å²) in [6, 6.07) is 12.3. The SMILES string of the molecule is COc1ccccc1N1CCN(c2nc(C3CC3)nc3ncccc23)CC1. The normalized spacial score (nSPS) is 17.4. The molecule has 1 saturated carbocycles. The zero-order chi connectivity index (χ0) is 18.2. The van der Waals surface area contributed by atoms with Crippen molar-refractivity contribution in [1.82, 2.24) is 15.0 Å². The first-order valence-electron chi connectivity index (χ1n) is 9.59. The molecule has 0 atom stereocenters. The van der Waals surface area contributed by atoms with Crippen LogP contribution in [0.5, 0.6) is 5.75 Å². The van der Waals surface area contributed by atoms with Crippen LogP contribution in [0, 0.1) is 0 Å². The molecule has 0 bridgehead atoms. The average molecular weight is 361 g/mol. The Kier molecular flexibility index (Phi) is 4.03. The largest absolute Gasteiger partial charge is 0.495 e. The predicted octanol–water partition coefficient (Wildman–Crippen LogP) is 3.24. The summed E-state index contributed by atoms with van der Waals surface area (Å²) in [7, 11) is 1.73.